The summed E-state index contributed by atoms with van der Waals surface area (Å²) in [6.45, 7) is 1.03. The van der Waals surface area contributed by atoms with Crippen molar-refractivity contribution < 1.29 is 18.0 Å². The largest absolute Gasteiger partial charge is 0.366 e. The summed E-state index contributed by atoms with van der Waals surface area (Å²) in [5, 5.41) is 3.01. The highest BCUT2D eigenvalue weighted by molar-refractivity contribution is 5.90. The highest BCUT2D eigenvalue weighted by Gasteiger charge is 2.65. The molecule has 0 aromatic heterocycles. The van der Waals surface area contributed by atoms with E-state index in [0.717, 1.165) is 6.92 Å². The molecule has 0 saturated carbocycles. The van der Waals surface area contributed by atoms with Crippen molar-refractivity contribution in [1.82, 2.24) is 0 Å². The van der Waals surface area contributed by atoms with Gasteiger partial charge < -0.3 is 4.84 Å². The lowest BCUT2D eigenvalue weighted by atomic mass is 9.99. The molecule has 0 bridgehead atoms. The Morgan fingerprint density at radius 2 is 1.73 bits per heavy atom. The minimum absolute atomic E-state index is 0.240. The number of alkyl halides is 3. The van der Waals surface area contributed by atoms with E-state index in [1.807, 2.05) is 0 Å². The summed E-state index contributed by atoms with van der Waals surface area (Å²) in [5.74, 6) is -6.91. The van der Waals surface area contributed by atoms with Crippen LogP contribution in [0, 0.1) is 0 Å². The molecule has 1 aliphatic rings. The van der Waals surface area contributed by atoms with Gasteiger partial charge in [0.2, 0.25) is 0 Å². The number of halogens is 3. The van der Waals surface area contributed by atoms with E-state index in [-0.39, 0.29) is 5.56 Å². The minimum Gasteiger partial charge on any atom is -0.343 e. The van der Waals surface area contributed by atoms with E-state index in [1.54, 1.807) is 6.07 Å². The number of nitrogens with zero attached hydrogens (tertiary/aromatic N) is 1. The molecule has 0 spiro atoms. The molecule has 2 rings (SSSR count). The fourth-order valence-electron chi connectivity index (χ4n) is 1.37. The van der Waals surface area contributed by atoms with Gasteiger partial charge in [-0.05, 0) is 6.92 Å². The first-order chi connectivity index (χ1) is 6.98. The van der Waals surface area contributed by atoms with Gasteiger partial charge in [0.1, 0.15) is 5.71 Å². The Morgan fingerprint density at radius 3 is 2.20 bits per heavy atom. The molecule has 5 heteroatoms. The van der Waals surface area contributed by atoms with Crippen molar-refractivity contribution in [3.63, 3.8) is 0 Å². The molecular weight excluding hydrogens is 207 g/mol. The number of benzene rings is 1. The van der Waals surface area contributed by atoms with Crippen molar-refractivity contribution in [1.29, 1.82) is 0 Å². The lowest BCUT2D eigenvalue weighted by molar-refractivity contribution is -0.236. The summed E-state index contributed by atoms with van der Waals surface area (Å²) in [4.78, 5) is 4.23. The molecule has 1 aliphatic heterocycles. The Balaban J connectivity index is 2.47. The van der Waals surface area contributed by atoms with Gasteiger partial charge in [0, 0.05) is 5.56 Å². The summed E-state index contributed by atoms with van der Waals surface area (Å²) in [6.07, 6.45) is 0. The molecule has 1 unspecified atom stereocenters. The lowest BCUT2D eigenvalue weighted by Crippen LogP contribution is -2.43. The molecule has 0 radical (unpaired) electrons. The average molecular weight is 215 g/mol. The van der Waals surface area contributed by atoms with Crippen molar-refractivity contribution in [2.45, 2.75) is 18.7 Å². The fourth-order valence-corrected chi connectivity index (χ4v) is 1.37. The standard InChI is InChI=1S/C10H8F3NO/c1-7-9(11,12)10(13,15-14-7)8-5-3-2-4-6-8/h2-6H,1H3. The zero-order valence-electron chi connectivity index (χ0n) is 7.88. The van der Waals surface area contributed by atoms with Crippen LogP contribution in [0.4, 0.5) is 13.2 Å². The molecule has 80 valence electrons. The fraction of sp³-hybridized carbons (Fsp3) is 0.300. The van der Waals surface area contributed by atoms with Crippen LogP contribution < -0.4 is 0 Å². The Morgan fingerprint density at radius 1 is 1.13 bits per heavy atom. The van der Waals surface area contributed by atoms with E-state index in [1.165, 1.54) is 24.3 Å². The third kappa shape index (κ3) is 1.22. The van der Waals surface area contributed by atoms with Crippen LogP contribution in [0.25, 0.3) is 0 Å². The van der Waals surface area contributed by atoms with Gasteiger partial charge in [-0.3, -0.25) is 0 Å². The smallest absolute Gasteiger partial charge is 0.343 e. The average Bonchev–Trinajstić information content (AvgIpc) is 2.45. The summed E-state index contributed by atoms with van der Waals surface area (Å²) >= 11 is 0. The number of oxime groups is 1. The monoisotopic (exact) mass is 215 g/mol. The van der Waals surface area contributed by atoms with E-state index in [2.05, 4.69) is 9.99 Å². The van der Waals surface area contributed by atoms with Crippen LogP contribution in [0.2, 0.25) is 0 Å². The molecule has 1 aromatic carbocycles. The molecule has 0 N–H and O–H groups in total. The second-order valence-corrected chi connectivity index (χ2v) is 3.30. The Bertz CT molecular complexity index is 404. The van der Waals surface area contributed by atoms with Gasteiger partial charge in [0.25, 0.3) is 0 Å². The molecule has 15 heavy (non-hydrogen) atoms. The van der Waals surface area contributed by atoms with Crippen LogP contribution >= 0.6 is 0 Å². The van der Waals surface area contributed by atoms with Crippen LogP contribution in [0.1, 0.15) is 12.5 Å². The van der Waals surface area contributed by atoms with Gasteiger partial charge in [-0.25, -0.2) is 0 Å². The van der Waals surface area contributed by atoms with E-state index in [4.69, 9.17) is 0 Å². The highest BCUT2D eigenvalue weighted by atomic mass is 19.3. The van der Waals surface area contributed by atoms with Crippen LogP contribution in [0.15, 0.2) is 35.5 Å². The highest BCUT2D eigenvalue weighted by Crippen LogP contribution is 2.47. The van der Waals surface area contributed by atoms with Crippen LogP contribution in [-0.4, -0.2) is 11.6 Å². The summed E-state index contributed by atoms with van der Waals surface area (Å²) < 4.78 is 40.9. The first kappa shape index (κ1) is 10.0. The molecule has 1 aromatic rings. The maximum atomic E-state index is 14.0. The van der Waals surface area contributed by atoms with E-state index in [9.17, 15) is 13.2 Å². The quantitative estimate of drug-likeness (QED) is 0.705. The topological polar surface area (TPSA) is 21.6 Å². The van der Waals surface area contributed by atoms with E-state index in [0.29, 0.717) is 0 Å². The van der Waals surface area contributed by atoms with Crippen LogP contribution in [-0.2, 0) is 10.7 Å². The number of rotatable bonds is 1. The normalized spacial score (nSPS) is 28.4. The van der Waals surface area contributed by atoms with E-state index >= 15 is 0 Å². The summed E-state index contributed by atoms with van der Waals surface area (Å²) in [6, 6.07) is 7.01. The van der Waals surface area contributed by atoms with Gasteiger partial charge in [-0.15, -0.1) is 0 Å². The van der Waals surface area contributed by atoms with Gasteiger partial charge >= 0.3 is 11.8 Å². The second kappa shape index (κ2) is 2.98. The molecule has 0 amide bonds. The summed E-state index contributed by atoms with van der Waals surface area (Å²) in [7, 11) is 0. The zero-order valence-corrected chi connectivity index (χ0v) is 7.88. The zero-order chi connectivity index (χ0) is 11.1. The van der Waals surface area contributed by atoms with Crippen molar-refractivity contribution in [3.05, 3.63) is 35.9 Å². The minimum atomic E-state index is -3.73. The molecule has 1 heterocycles. The lowest BCUT2D eigenvalue weighted by Gasteiger charge is -2.24. The van der Waals surface area contributed by atoms with Crippen molar-refractivity contribution >= 4 is 5.71 Å². The third-order valence-corrected chi connectivity index (χ3v) is 2.31. The Hall–Kier alpha value is -1.52. The molecule has 0 aliphatic carbocycles. The molecule has 1 atom stereocenters. The van der Waals surface area contributed by atoms with Gasteiger partial charge in [-0.2, -0.15) is 13.2 Å². The Labute approximate surface area is 84.3 Å². The van der Waals surface area contributed by atoms with Gasteiger partial charge in [-0.1, -0.05) is 35.5 Å². The predicted octanol–water partition coefficient (Wildman–Crippen LogP) is 2.85. The number of hydrogen-bond acceptors (Lipinski definition) is 2. The SMILES string of the molecule is CC1=NOC(F)(c2ccccc2)C1(F)F. The number of hydrogen-bond donors (Lipinski definition) is 0. The van der Waals surface area contributed by atoms with Crippen molar-refractivity contribution in [3.8, 4) is 0 Å². The van der Waals surface area contributed by atoms with Crippen LogP contribution in [0.5, 0.6) is 0 Å². The van der Waals surface area contributed by atoms with Gasteiger partial charge in [0.05, 0.1) is 0 Å². The predicted molar refractivity (Wildman–Crippen MR) is 48.4 cm³/mol. The van der Waals surface area contributed by atoms with Crippen molar-refractivity contribution in [2.75, 3.05) is 0 Å². The molecular formula is C10H8F3NO. The van der Waals surface area contributed by atoms with Crippen molar-refractivity contribution in [2.24, 2.45) is 5.16 Å². The second-order valence-electron chi connectivity index (χ2n) is 3.30. The first-order valence-corrected chi connectivity index (χ1v) is 4.34. The van der Waals surface area contributed by atoms with Crippen LogP contribution in [0.3, 0.4) is 0 Å². The molecule has 2 nitrogen and oxygen atoms in total. The summed E-state index contributed by atoms with van der Waals surface area (Å²) in [5.41, 5.74) is -0.899. The molecule has 0 fully saturated rings. The van der Waals surface area contributed by atoms with E-state index < -0.39 is 17.5 Å². The first-order valence-electron chi connectivity index (χ1n) is 4.34. The maximum absolute atomic E-state index is 14.0. The third-order valence-electron chi connectivity index (χ3n) is 2.31. The molecule has 0 saturated heterocycles. The Kier molecular flexibility index (Phi) is 1.99. The van der Waals surface area contributed by atoms with Gasteiger partial charge in [0.15, 0.2) is 0 Å². The maximum Gasteiger partial charge on any atom is 0.366 e.